The van der Waals surface area contributed by atoms with E-state index in [0.29, 0.717) is 19.3 Å². The van der Waals surface area contributed by atoms with Gasteiger partial charge in [0.2, 0.25) is 0 Å². The number of ether oxygens (including phenoxy) is 3. The molecule has 82 heavy (non-hydrogen) atoms. The van der Waals surface area contributed by atoms with Crippen LogP contribution in [0.2, 0.25) is 0 Å². The van der Waals surface area contributed by atoms with Crippen molar-refractivity contribution < 1.29 is 28.6 Å². The van der Waals surface area contributed by atoms with E-state index in [1.807, 2.05) is 0 Å². The lowest BCUT2D eigenvalue weighted by molar-refractivity contribution is -0.167. The molecular formula is C76H136O6. The summed E-state index contributed by atoms with van der Waals surface area (Å²) in [6.07, 6.45) is 92.4. The molecule has 1 atom stereocenters. The molecule has 1 unspecified atom stereocenters. The Morgan fingerprint density at radius 1 is 0.256 bits per heavy atom. The van der Waals surface area contributed by atoms with Crippen LogP contribution in [0.3, 0.4) is 0 Å². The molecule has 0 aromatic carbocycles. The molecule has 0 fully saturated rings. The molecule has 0 rings (SSSR count). The predicted octanol–water partition coefficient (Wildman–Crippen LogP) is 24.8. The maximum atomic E-state index is 12.9. The quantitative estimate of drug-likeness (QED) is 0.0261. The second-order valence-corrected chi connectivity index (χ2v) is 24.1. The highest BCUT2D eigenvalue weighted by atomic mass is 16.6. The van der Waals surface area contributed by atoms with Gasteiger partial charge in [-0.2, -0.15) is 0 Å². The topological polar surface area (TPSA) is 78.9 Å². The Labute approximate surface area is 510 Å². The van der Waals surface area contributed by atoms with E-state index in [0.717, 1.165) is 103 Å². The molecule has 0 saturated heterocycles. The zero-order valence-corrected chi connectivity index (χ0v) is 54.8. The number of hydrogen-bond donors (Lipinski definition) is 0. The fourth-order valence-electron chi connectivity index (χ4n) is 10.6. The van der Waals surface area contributed by atoms with Crippen molar-refractivity contribution in [2.45, 2.75) is 380 Å². The fourth-order valence-corrected chi connectivity index (χ4v) is 10.6. The standard InChI is InChI=1S/C76H136O6/c1-4-7-10-13-16-19-21-23-25-27-29-31-33-35-37-39-40-42-44-46-48-50-52-54-57-60-63-66-69-75(78)81-72-73(71-80-74(77)68-65-62-59-56-18-15-12-9-6-3)82-76(79)70-67-64-61-58-55-53-51-49-47-45-43-41-38-36-34-32-30-28-26-24-22-20-17-14-11-8-5-2/h8,11,17,20,24,26,30,32,36,38,43,45,73H,4-7,9-10,12-16,18-19,21-23,25,27-29,31,33-35,37,39-42,44,46-72H2,1-3H3/b11-8-,20-17-,26-24-,32-30-,38-36-,45-43-. The van der Waals surface area contributed by atoms with E-state index < -0.39 is 6.10 Å². The summed E-state index contributed by atoms with van der Waals surface area (Å²) in [5.74, 6) is -0.864. The molecule has 6 nitrogen and oxygen atoms in total. The maximum absolute atomic E-state index is 12.9. The van der Waals surface area contributed by atoms with Crippen LogP contribution >= 0.6 is 0 Å². The summed E-state index contributed by atoms with van der Waals surface area (Å²) >= 11 is 0. The van der Waals surface area contributed by atoms with Crippen molar-refractivity contribution in [1.82, 2.24) is 0 Å². The number of hydrogen-bond acceptors (Lipinski definition) is 6. The smallest absolute Gasteiger partial charge is 0.306 e. The van der Waals surface area contributed by atoms with Crippen LogP contribution in [-0.2, 0) is 28.6 Å². The van der Waals surface area contributed by atoms with Gasteiger partial charge < -0.3 is 14.2 Å². The van der Waals surface area contributed by atoms with E-state index in [1.54, 1.807) is 0 Å². The first-order valence-electron chi connectivity index (χ1n) is 35.9. The van der Waals surface area contributed by atoms with Crippen molar-refractivity contribution in [3.05, 3.63) is 72.9 Å². The maximum Gasteiger partial charge on any atom is 0.306 e. The van der Waals surface area contributed by atoms with Crippen molar-refractivity contribution >= 4 is 17.9 Å². The molecule has 0 saturated carbocycles. The van der Waals surface area contributed by atoms with Crippen LogP contribution in [0.4, 0.5) is 0 Å². The SMILES string of the molecule is CC/C=C\C/C=C\C/C=C\C/C=C\C/C=C\C/C=C\CCCCCCCCCCC(=O)OC(COC(=O)CCCCCCCCCCC)COC(=O)CCCCCCCCCCCCCCCCCCCCCCCCCCCCCC. The van der Waals surface area contributed by atoms with Gasteiger partial charge in [0.15, 0.2) is 6.10 Å². The van der Waals surface area contributed by atoms with Crippen LogP contribution < -0.4 is 0 Å². The van der Waals surface area contributed by atoms with Crippen molar-refractivity contribution in [3.63, 3.8) is 0 Å². The molecule has 0 spiro atoms. The van der Waals surface area contributed by atoms with E-state index >= 15 is 0 Å². The molecule has 0 aromatic rings. The third kappa shape index (κ3) is 67.6. The molecule has 0 aliphatic heterocycles. The van der Waals surface area contributed by atoms with Gasteiger partial charge in [0.1, 0.15) is 13.2 Å². The molecule has 0 aromatic heterocycles. The zero-order valence-electron chi connectivity index (χ0n) is 54.8. The van der Waals surface area contributed by atoms with E-state index in [-0.39, 0.29) is 31.1 Å². The highest BCUT2D eigenvalue weighted by Crippen LogP contribution is 2.18. The molecule has 0 amide bonds. The van der Waals surface area contributed by atoms with Crippen molar-refractivity contribution in [2.75, 3.05) is 13.2 Å². The zero-order chi connectivity index (χ0) is 59.2. The summed E-state index contributed by atoms with van der Waals surface area (Å²) in [6, 6.07) is 0. The minimum atomic E-state index is -0.778. The van der Waals surface area contributed by atoms with E-state index in [1.165, 1.54) is 231 Å². The van der Waals surface area contributed by atoms with Gasteiger partial charge in [-0.25, -0.2) is 0 Å². The van der Waals surface area contributed by atoms with Gasteiger partial charge in [0.05, 0.1) is 0 Å². The Kier molecular flexibility index (Phi) is 67.6. The number of carbonyl (C=O) groups excluding carboxylic acids is 3. The van der Waals surface area contributed by atoms with Gasteiger partial charge in [-0.3, -0.25) is 14.4 Å². The second kappa shape index (κ2) is 70.3. The minimum Gasteiger partial charge on any atom is -0.462 e. The summed E-state index contributed by atoms with van der Waals surface area (Å²) in [5.41, 5.74) is 0. The molecule has 0 radical (unpaired) electrons. The molecular weight excluding hydrogens is 1010 g/mol. The summed E-state index contributed by atoms with van der Waals surface area (Å²) in [5, 5.41) is 0. The van der Waals surface area contributed by atoms with Crippen LogP contribution in [-0.4, -0.2) is 37.2 Å². The van der Waals surface area contributed by atoms with Gasteiger partial charge in [-0.1, -0.05) is 357 Å². The fraction of sp³-hybridized carbons (Fsp3) is 0.803. The summed E-state index contributed by atoms with van der Waals surface area (Å²) in [7, 11) is 0. The van der Waals surface area contributed by atoms with Crippen molar-refractivity contribution in [2.24, 2.45) is 0 Å². The molecule has 0 aliphatic carbocycles. The first-order valence-corrected chi connectivity index (χ1v) is 35.9. The third-order valence-corrected chi connectivity index (χ3v) is 16.0. The Hall–Kier alpha value is -3.15. The average molecular weight is 1150 g/mol. The summed E-state index contributed by atoms with van der Waals surface area (Å²) < 4.78 is 16.9. The largest absolute Gasteiger partial charge is 0.462 e. The molecule has 6 heteroatoms. The minimum absolute atomic E-state index is 0.0739. The molecule has 0 bridgehead atoms. The van der Waals surface area contributed by atoms with Crippen LogP contribution in [0, 0.1) is 0 Å². The molecule has 0 heterocycles. The van der Waals surface area contributed by atoms with Gasteiger partial charge in [-0.05, 0) is 70.6 Å². The molecule has 0 aliphatic rings. The first kappa shape index (κ1) is 78.8. The lowest BCUT2D eigenvalue weighted by Gasteiger charge is -2.18. The Bertz CT molecular complexity index is 1500. The predicted molar refractivity (Wildman–Crippen MR) is 358 cm³/mol. The van der Waals surface area contributed by atoms with E-state index in [2.05, 4.69) is 93.7 Å². The highest BCUT2D eigenvalue weighted by molar-refractivity contribution is 5.71. The van der Waals surface area contributed by atoms with Crippen molar-refractivity contribution in [1.29, 1.82) is 0 Å². The summed E-state index contributed by atoms with van der Waals surface area (Å²) in [4.78, 5) is 38.3. The number of unbranched alkanes of at least 4 members (excludes halogenated alkanes) is 43. The van der Waals surface area contributed by atoms with Crippen molar-refractivity contribution in [3.8, 4) is 0 Å². The lowest BCUT2D eigenvalue weighted by Crippen LogP contribution is -2.30. The number of esters is 3. The Morgan fingerprint density at radius 3 is 0.744 bits per heavy atom. The number of carbonyl (C=O) groups is 3. The van der Waals surface area contributed by atoms with E-state index in [9.17, 15) is 14.4 Å². The van der Waals surface area contributed by atoms with Crippen LogP contribution in [0.15, 0.2) is 72.9 Å². The monoisotopic (exact) mass is 1150 g/mol. The molecule has 0 N–H and O–H groups in total. The van der Waals surface area contributed by atoms with Crippen LogP contribution in [0.5, 0.6) is 0 Å². The van der Waals surface area contributed by atoms with Crippen LogP contribution in [0.25, 0.3) is 0 Å². The Balaban J connectivity index is 4.14. The summed E-state index contributed by atoms with van der Waals surface area (Å²) in [6.45, 7) is 6.56. The average Bonchev–Trinajstić information content (AvgIpc) is 3.48. The highest BCUT2D eigenvalue weighted by Gasteiger charge is 2.19. The normalized spacial score (nSPS) is 12.5. The second-order valence-electron chi connectivity index (χ2n) is 24.1. The first-order chi connectivity index (χ1) is 40.5. The molecule has 476 valence electrons. The van der Waals surface area contributed by atoms with Gasteiger partial charge in [0.25, 0.3) is 0 Å². The van der Waals surface area contributed by atoms with Gasteiger partial charge >= 0.3 is 17.9 Å². The van der Waals surface area contributed by atoms with Crippen LogP contribution in [0.1, 0.15) is 374 Å². The Morgan fingerprint density at radius 2 is 0.476 bits per heavy atom. The van der Waals surface area contributed by atoms with Gasteiger partial charge in [-0.15, -0.1) is 0 Å². The number of allylic oxidation sites excluding steroid dienone is 12. The van der Waals surface area contributed by atoms with Gasteiger partial charge in [0, 0.05) is 19.3 Å². The number of rotatable bonds is 66. The van der Waals surface area contributed by atoms with E-state index in [4.69, 9.17) is 14.2 Å². The lowest BCUT2D eigenvalue weighted by atomic mass is 10.0. The third-order valence-electron chi connectivity index (χ3n) is 16.0.